The fourth-order valence-corrected chi connectivity index (χ4v) is 2.36. The van der Waals surface area contributed by atoms with Crippen molar-refractivity contribution < 1.29 is 24.1 Å². The van der Waals surface area contributed by atoms with Crippen LogP contribution in [0.1, 0.15) is 24.5 Å². The van der Waals surface area contributed by atoms with Crippen LogP contribution in [0.2, 0.25) is 0 Å². The summed E-state index contributed by atoms with van der Waals surface area (Å²) in [4.78, 5) is 11.8. The molecule has 5 nitrogen and oxygen atoms in total. The molecule has 0 fully saturated rings. The highest BCUT2D eigenvalue weighted by atomic mass is 16.5. The first-order valence-electron chi connectivity index (χ1n) is 7.99. The van der Waals surface area contributed by atoms with E-state index in [1.54, 1.807) is 31.4 Å². The smallest absolute Gasteiger partial charge is 0.336 e. The molecule has 0 saturated heterocycles. The Morgan fingerprint density at radius 1 is 1.08 bits per heavy atom. The Hall–Kier alpha value is -2.95. The lowest BCUT2D eigenvalue weighted by atomic mass is 10.0. The minimum atomic E-state index is -1.04. The van der Waals surface area contributed by atoms with Crippen molar-refractivity contribution in [1.29, 1.82) is 0 Å². The molecule has 0 heterocycles. The zero-order chi connectivity index (χ0) is 18.2. The van der Waals surface area contributed by atoms with E-state index in [2.05, 4.69) is 0 Å². The molecule has 2 rings (SSSR count). The van der Waals surface area contributed by atoms with Crippen LogP contribution in [0.4, 0.5) is 0 Å². The average Bonchev–Trinajstić information content (AvgIpc) is 2.64. The maximum Gasteiger partial charge on any atom is 0.336 e. The summed E-state index contributed by atoms with van der Waals surface area (Å²) in [6, 6.07) is 12.4. The number of rotatable bonds is 8. The van der Waals surface area contributed by atoms with Gasteiger partial charge in [-0.15, -0.1) is 0 Å². The van der Waals surface area contributed by atoms with E-state index in [1.165, 1.54) is 7.11 Å². The molecule has 132 valence electrons. The predicted molar refractivity (Wildman–Crippen MR) is 97.3 cm³/mol. The topological polar surface area (TPSA) is 65.0 Å². The SMILES string of the molecule is CCCOc1cccc(/C=C(\C(=O)O)c2ccc(OC)cc2OC)c1. The van der Waals surface area contributed by atoms with E-state index in [9.17, 15) is 9.90 Å². The Bertz CT molecular complexity index is 764. The lowest BCUT2D eigenvalue weighted by molar-refractivity contribution is -0.130. The number of hydrogen-bond acceptors (Lipinski definition) is 4. The van der Waals surface area contributed by atoms with Crippen molar-refractivity contribution in [2.75, 3.05) is 20.8 Å². The number of carbonyl (C=O) groups is 1. The Balaban J connectivity index is 2.45. The summed E-state index contributed by atoms with van der Waals surface area (Å²) >= 11 is 0. The van der Waals surface area contributed by atoms with Gasteiger partial charge in [0.25, 0.3) is 0 Å². The van der Waals surface area contributed by atoms with Crippen molar-refractivity contribution >= 4 is 17.6 Å². The van der Waals surface area contributed by atoms with E-state index in [0.29, 0.717) is 29.4 Å². The third-order valence-corrected chi connectivity index (χ3v) is 3.57. The molecule has 0 amide bonds. The minimum Gasteiger partial charge on any atom is -0.497 e. The zero-order valence-corrected chi connectivity index (χ0v) is 14.6. The van der Waals surface area contributed by atoms with E-state index < -0.39 is 5.97 Å². The molecule has 2 aromatic rings. The summed E-state index contributed by atoms with van der Waals surface area (Å²) < 4.78 is 16.1. The molecular weight excluding hydrogens is 320 g/mol. The van der Waals surface area contributed by atoms with Crippen LogP contribution < -0.4 is 14.2 Å². The van der Waals surface area contributed by atoms with Crippen LogP contribution in [-0.4, -0.2) is 31.9 Å². The van der Waals surface area contributed by atoms with Crippen LogP contribution in [0, 0.1) is 0 Å². The molecule has 5 heteroatoms. The summed E-state index contributed by atoms with van der Waals surface area (Å²) in [5.74, 6) is 0.706. The molecule has 0 unspecified atom stereocenters. The molecular formula is C20H22O5. The predicted octanol–water partition coefficient (Wildman–Crippen LogP) is 4.12. The minimum absolute atomic E-state index is 0.132. The van der Waals surface area contributed by atoms with Gasteiger partial charge in [0, 0.05) is 11.6 Å². The third-order valence-electron chi connectivity index (χ3n) is 3.57. The zero-order valence-electron chi connectivity index (χ0n) is 14.6. The van der Waals surface area contributed by atoms with Crippen LogP contribution in [-0.2, 0) is 4.79 Å². The summed E-state index contributed by atoms with van der Waals surface area (Å²) in [6.45, 7) is 2.65. The molecule has 0 radical (unpaired) electrons. The fraction of sp³-hybridized carbons (Fsp3) is 0.250. The van der Waals surface area contributed by atoms with Crippen molar-refractivity contribution in [1.82, 2.24) is 0 Å². The first-order chi connectivity index (χ1) is 12.1. The van der Waals surface area contributed by atoms with Crippen molar-refractivity contribution in [3.8, 4) is 17.2 Å². The van der Waals surface area contributed by atoms with Gasteiger partial charge in [0.1, 0.15) is 17.2 Å². The Labute approximate surface area is 147 Å². The Morgan fingerprint density at radius 2 is 1.88 bits per heavy atom. The summed E-state index contributed by atoms with van der Waals surface area (Å²) in [5.41, 5.74) is 1.35. The number of aliphatic carboxylic acids is 1. The van der Waals surface area contributed by atoms with Crippen molar-refractivity contribution in [3.63, 3.8) is 0 Å². The van der Waals surface area contributed by atoms with E-state index in [1.807, 2.05) is 31.2 Å². The van der Waals surface area contributed by atoms with Gasteiger partial charge in [-0.2, -0.15) is 0 Å². The summed E-state index contributed by atoms with van der Waals surface area (Å²) in [6.07, 6.45) is 2.51. The lowest BCUT2D eigenvalue weighted by Crippen LogP contribution is -2.02. The maximum absolute atomic E-state index is 11.8. The normalized spacial score (nSPS) is 11.1. The van der Waals surface area contributed by atoms with E-state index in [-0.39, 0.29) is 5.57 Å². The molecule has 0 aliphatic heterocycles. The molecule has 0 bridgehead atoms. The molecule has 1 N–H and O–H groups in total. The third kappa shape index (κ3) is 4.76. The standard InChI is InChI=1S/C20H22O5/c1-4-10-25-16-7-5-6-14(11-16)12-18(20(21)22)17-9-8-15(23-2)13-19(17)24-3/h5-9,11-13H,4,10H2,1-3H3,(H,21,22)/b18-12-. The van der Waals surface area contributed by atoms with Gasteiger partial charge in [0.05, 0.1) is 26.4 Å². The Kier molecular flexibility index (Phi) is 6.46. The molecule has 0 aromatic heterocycles. The van der Waals surface area contributed by atoms with Gasteiger partial charge in [-0.05, 0) is 42.3 Å². The highest BCUT2D eigenvalue weighted by Crippen LogP contribution is 2.32. The highest BCUT2D eigenvalue weighted by molar-refractivity contribution is 6.21. The molecule has 0 atom stereocenters. The number of carboxylic acids is 1. The average molecular weight is 342 g/mol. The molecule has 0 aliphatic rings. The van der Waals surface area contributed by atoms with Gasteiger partial charge < -0.3 is 19.3 Å². The largest absolute Gasteiger partial charge is 0.497 e. The first-order valence-corrected chi connectivity index (χ1v) is 7.99. The van der Waals surface area contributed by atoms with Crippen molar-refractivity contribution in [3.05, 3.63) is 53.6 Å². The molecule has 0 aliphatic carbocycles. The monoisotopic (exact) mass is 342 g/mol. The van der Waals surface area contributed by atoms with Crippen LogP contribution in [0.3, 0.4) is 0 Å². The Morgan fingerprint density at radius 3 is 2.52 bits per heavy atom. The van der Waals surface area contributed by atoms with Crippen LogP contribution in [0.25, 0.3) is 11.6 Å². The van der Waals surface area contributed by atoms with Gasteiger partial charge >= 0.3 is 5.97 Å². The van der Waals surface area contributed by atoms with Gasteiger partial charge in [0.2, 0.25) is 0 Å². The van der Waals surface area contributed by atoms with E-state index in [4.69, 9.17) is 14.2 Å². The van der Waals surface area contributed by atoms with Crippen molar-refractivity contribution in [2.45, 2.75) is 13.3 Å². The van der Waals surface area contributed by atoms with E-state index >= 15 is 0 Å². The van der Waals surface area contributed by atoms with Gasteiger partial charge in [0.15, 0.2) is 0 Å². The van der Waals surface area contributed by atoms with Crippen LogP contribution in [0.15, 0.2) is 42.5 Å². The number of methoxy groups -OCH3 is 2. The molecule has 0 saturated carbocycles. The number of ether oxygens (including phenoxy) is 3. The number of benzene rings is 2. The summed E-state index contributed by atoms with van der Waals surface area (Å²) in [5, 5.41) is 9.66. The second-order valence-corrected chi connectivity index (χ2v) is 5.35. The maximum atomic E-state index is 11.8. The lowest BCUT2D eigenvalue weighted by Gasteiger charge is -2.11. The van der Waals surface area contributed by atoms with Crippen LogP contribution >= 0.6 is 0 Å². The molecule has 0 spiro atoms. The molecule has 2 aromatic carbocycles. The van der Waals surface area contributed by atoms with Gasteiger partial charge in [-0.3, -0.25) is 0 Å². The van der Waals surface area contributed by atoms with Crippen molar-refractivity contribution in [2.24, 2.45) is 0 Å². The quantitative estimate of drug-likeness (QED) is 0.577. The fourth-order valence-electron chi connectivity index (χ4n) is 2.36. The van der Waals surface area contributed by atoms with E-state index in [0.717, 1.165) is 12.0 Å². The second-order valence-electron chi connectivity index (χ2n) is 5.35. The first kappa shape index (κ1) is 18.4. The van der Waals surface area contributed by atoms with Gasteiger partial charge in [-0.1, -0.05) is 19.1 Å². The summed E-state index contributed by atoms with van der Waals surface area (Å²) in [7, 11) is 3.04. The van der Waals surface area contributed by atoms with Gasteiger partial charge in [-0.25, -0.2) is 4.79 Å². The highest BCUT2D eigenvalue weighted by Gasteiger charge is 2.16. The number of hydrogen-bond donors (Lipinski definition) is 1. The second kappa shape index (κ2) is 8.78. The molecule has 25 heavy (non-hydrogen) atoms. The van der Waals surface area contributed by atoms with Crippen LogP contribution in [0.5, 0.6) is 17.2 Å². The number of carboxylic acid groups (broad SMARTS) is 1.